The van der Waals surface area contributed by atoms with Gasteiger partial charge in [0.1, 0.15) is 11.5 Å². The third-order valence-corrected chi connectivity index (χ3v) is 5.41. The van der Waals surface area contributed by atoms with Gasteiger partial charge in [0.15, 0.2) is 0 Å². The second-order valence-electron chi connectivity index (χ2n) is 7.31. The second-order valence-corrected chi connectivity index (χ2v) is 7.31. The number of rotatable bonds is 6. The van der Waals surface area contributed by atoms with Gasteiger partial charge in [0.25, 0.3) is 0 Å². The van der Waals surface area contributed by atoms with Gasteiger partial charge >= 0.3 is 0 Å². The van der Waals surface area contributed by atoms with Gasteiger partial charge in [-0.2, -0.15) is 0 Å². The highest BCUT2D eigenvalue weighted by molar-refractivity contribution is 5.46. The van der Waals surface area contributed by atoms with E-state index in [2.05, 4.69) is 57.5 Å². The molecule has 0 bridgehead atoms. The van der Waals surface area contributed by atoms with E-state index in [1.807, 2.05) is 13.0 Å². The van der Waals surface area contributed by atoms with E-state index in [0.717, 1.165) is 50.2 Å². The molecule has 25 heavy (non-hydrogen) atoms. The van der Waals surface area contributed by atoms with E-state index in [1.165, 1.54) is 12.1 Å². The summed E-state index contributed by atoms with van der Waals surface area (Å²) in [6, 6.07) is 15.1. The van der Waals surface area contributed by atoms with Crippen LogP contribution in [0.15, 0.2) is 46.9 Å². The van der Waals surface area contributed by atoms with Crippen LogP contribution in [0.5, 0.6) is 0 Å². The maximum Gasteiger partial charge on any atom is 0.122 e. The molecule has 3 heterocycles. The van der Waals surface area contributed by atoms with Crippen LogP contribution < -0.4 is 21.1 Å². The fourth-order valence-electron chi connectivity index (χ4n) is 4.00. The number of para-hydroxylation sites is 1. The van der Waals surface area contributed by atoms with Crippen LogP contribution in [0.3, 0.4) is 0 Å². The lowest BCUT2D eigenvalue weighted by Crippen LogP contribution is -2.32. The zero-order valence-corrected chi connectivity index (χ0v) is 14.9. The molecule has 134 valence electrons. The van der Waals surface area contributed by atoms with Crippen molar-refractivity contribution >= 4 is 5.69 Å². The molecule has 0 amide bonds. The molecule has 0 aliphatic carbocycles. The highest BCUT2D eigenvalue weighted by atomic mass is 16.3. The Kier molecular flexibility index (Phi) is 5.06. The first-order valence-electron chi connectivity index (χ1n) is 9.35. The van der Waals surface area contributed by atoms with Gasteiger partial charge in [-0.05, 0) is 50.1 Å². The first-order valence-corrected chi connectivity index (χ1v) is 9.35. The van der Waals surface area contributed by atoms with Crippen molar-refractivity contribution in [3.8, 4) is 0 Å². The minimum absolute atomic E-state index is 0.255. The molecule has 1 aromatic heterocycles. The molecule has 2 fully saturated rings. The molecule has 2 aliphatic heterocycles. The van der Waals surface area contributed by atoms with Crippen LogP contribution in [-0.2, 0) is 0 Å². The molecule has 5 nitrogen and oxygen atoms in total. The fraction of sp³-hybridized carbons (Fsp3) is 0.500. The van der Waals surface area contributed by atoms with Gasteiger partial charge in [-0.25, -0.2) is 5.43 Å². The normalized spacial score (nSPS) is 26.4. The van der Waals surface area contributed by atoms with E-state index < -0.39 is 0 Å². The van der Waals surface area contributed by atoms with Crippen molar-refractivity contribution in [2.75, 3.05) is 37.6 Å². The van der Waals surface area contributed by atoms with Gasteiger partial charge in [0, 0.05) is 37.8 Å². The van der Waals surface area contributed by atoms with E-state index in [9.17, 15) is 0 Å². The number of benzene rings is 1. The summed E-state index contributed by atoms with van der Waals surface area (Å²) in [6.45, 7) is 7.38. The summed E-state index contributed by atoms with van der Waals surface area (Å²) in [5.74, 6) is 3.25. The lowest BCUT2D eigenvalue weighted by molar-refractivity contribution is 0.354. The number of hydrogen-bond donors (Lipinski definition) is 3. The van der Waals surface area contributed by atoms with Crippen LogP contribution in [0, 0.1) is 18.8 Å². The van der Waals surface area contributed by atoms with Gasteiger partial charge in [0.2, 0.25) is 0 Å². The van der Waals surface area contributed by atoms with Crippen LogP contribution >= 0.6 is 0 Å². The molecule has 3 N–H and O–H groups in total. The third-order valence-electron chi connectivity index (χ3n) is 5.41. The molecule has 1 aromatic carbocycles. The molecule has 0 saturated carbocycles. The standard InChI is InChI=1S/C20H28N4O/c1-15-7-8-19(25-15)20-17(13-22-23-20)12-21-11-16-9-10-24(14-16)18-5-3-2-4-6-18/h2-8,16-17,20-23H,9-14H2,1H3. The maximum atomic E-state index is 5.80. The van der Waals surface area contributed by atoms with Gasteiger partial charge in [0.05, 0.1) is 6.04 Å². The summed E-state index contributed by atoms with van der Waals surface area (Å²) in [7, 11) is 0. The zero-order valence-electron chi connectivity index (χ0n) is 14.9. The third kappa shape index (κ3) is 3.89. The Balaban J connectivity index is 1.24. The fourth-order valence-corrected chi connectivity index (χ4v) is 4.00. The van der Waals surface area contributed by atoms with E-state index in [1.54, 1.807) is 0 Å². The van der Waals surface area contributed by atoms with Crippen molar-refractivity contribution in [2.45, 2.75) is 19.4 Å². The van der Waals surface area contributed by atoms with Gasteiger partial charge in [-0.3, -0.25) is 5.43 Å². The summed E-state index contributed by atoms with van der Waals surface area (Å²) in [6.07, 6.45) is 1.27. The summed E-state index contributed by atoms with van der Waals surface area (Å²) >= 11 is 0. The molecular formula is C20H28N4O. The molecule has 0 spiro atoms. The topological polar surface area (TPSA) is 52.5 Å². The Hall–Kier alpha value is -1.82. The lowest BCUT2D eigenvalue weighted by atomic mass is 9.99. The number of furan rings is 1. The van der Waals surface area contributed by atoms with Crippen LogP contribution in [0.1, 0.15) is 24.0 Å². The zero-order chi connectivity index (χ0) is 17.1. The Morgan fingerprint density at radius 1 is 1.16 bits per heavy atom. The molecule has 2 aliphatic rings. The molecule has 5 heteroatoms. The van der Waals surface area contributed by atoms with Crippen molar-refractivity contribution in [3.05, 3.63) is 54.0 Å². The van der Waals surface area contributed by atoms with Crippen LogP contribution in [0.2, 0.25) is 0 Å². The number of aryl methyl sites for hydroxylation is 1. The average Bonchev–Trinajstić information content (AvgIpc) is 3.36. The smallest absolute Gasteiger partial charge is 0.122 e. The minimum Gasteiger partial charge on any atom is -0.465 e. The number of hydrogen-bond acceptors (Lipinski definition) is 5. The second kappa shape index (κ2) is 7.60. The maximum absolute atomic E-state index is 5.80. The summed E-state index contributed by atoms with van der Waals surface area (Å²) in [4.78, 5) is 2.50. The first kappa shape index (κ1) is 16.6. The number of nitrogens with one attached hydrogen (secondary N) is 3. The molecule has 2 saturated heterocycles. The van der Waals surface area contributed by atoms with E-state index >= 15 is 0 Å². The molecule has 4 rings (SSSR count). The molecule has 2 aromatic rings. The summed E-state index contributed by atoms with van der Waals surface area (Å²) < 4.78 is 5.80. The number of hydrazine groups is 1. The van der Waals surface area contributed by atoms with Crippen LogP contribution in [0.25, 0.3) is 0 Å². The predicted molar refractivity (Wildman–Crippen MR) is 100 cm³/mol. The molecule has 3 unspecified atom stereocenters. The summed E-state index contributed by atoms with van der Waals surface area (Å²) in [5, 5.41) is 3.70. The Morgan fingerprint density at radius 3 is 2.84 bits per heavy atom. The molecule has 3 atom stereocenters. The summed E-state index contributed by atoms with van der Waals surface area (Å²) in [5.41, 5.74) is 7.98. The Labute approximate surface area is 149 Å². The largest absolute Gasteiger partial charge is 0.465 e. The molecule has 0 radical (unpaired) electrons. The monoisotopic (exact) mass is 340 g/mol. The quantitative estimate of drug-likeness (QED) is 0.754. The predicted octanol–water partition coefficient (Wildman–Crippen LogP) is 2.47. The average molecular weight is 340 g/mol. The SMILES string of the molecule is Cc1ccc(C2NNCC2CNCC2CCN(c3ccccc3)C2)o1. The Bertz CT molecular complexity index is 671. The Morgan fingerprint density at radius 2 is 2.04 bits per heavy atom. The van der Waals surface area contributed by atoms with Crippen molar-refractivity contribution in [3.63, 3.8) is 0 Å². The van der Waals surface area contributed by atoms with Crippen molar-refractivity contribution in [1.82, 2.24) is 16.2 Å². The first-order chi connectivity index (χ1) is 12.3. The highest BCUT2D eigenvalue weighted by Gasteiger charge is 2.30. The minimum atomic E-state index is 0.255. The van der Waals surface area contributed by atoms with Gasteiger partial charge in [-0.15, -0.1) is 0 Å². The molecular weight excluding hydrogens is 312 g/mol. The van der Waals surface area contributed by atoms with E-state index in [4.69, 9.17) is 4.42 Å². The van der Waals surface area contributed by atoms with Crippen molar-refractivity contribution in [2.24, 2.45) is 11.8 Å². The van der Waals surface area contributed by atoms with E-state index in [-0.39, 0.29) is 6.04 Å². The lowest BCUT2D eigenvalue weighted by Gasteiger charge is -2.20. The van der Waals surface area contributed by atoms with Crippen LogP contribution in [-0.4, -0.2) is 32.7 Å². The highest BCUT2D eigenvalue weighted by Crippen LogP contribution is 2.26. The van der Waals surface area contributed by atoms with Gasteiger partial charge in [-0.1, -0.05) is 18.2 Å². The van der Waals surface area contributed by atoms with E-state index in [0.29, 0.717) is 5.92 Å². The number of nitrogens with zero attached hydrogens (tertiary/aromatic N) is 1. The van der Waals surface area contributed by atoms with Gasteiger partial charge < -0.3 is 14.6 Å². The van der Waals surface area contributed by atoms with Crippen molar-refractivity contribution < 1.29 is 4.42 Å². The van der Waals surface area contributed by atoms with Crippen molar-refractivity contribution in [1.29, 1.82) is 0 Å². The van der Waals surface area contributed by atoms with Crippen LogP contribution in [0.4, 0.5) is 5.69 Å². The number of anilines is 1.